The van der Waals surface area contributed by atoms with Crippen molar-refractivity contribution in [3.8, 4) is 11.5 Å². The number of carbonyl (C=O) groups is 1. The summed E-state index contributed by atoms with van der Waals surface area (Å²) in [7, 11) is 0. The number of benzene rings is 3. The molecular weight excluding hydrogens is 455 g/mol. The van der Waals surface area contributed by atoms with Crippen LogP contribution in [0.15, 0.2) is 60.7 Å². The molecule has 2 aliphatic heterocycles. The first-order valence-electron chi connectivity index (χ1n) is 11.6. The van der Waals surface area contributed by atoms with Crippen molar-refractivity contribution in [2.24, 2.45) is 0 Å². The normalized spacial score (nSPS) is 20.1. The van der Waals surface area contributed by atoms with E-state index < -0.39 is 28.8 Å². The van der Waals surface area contributed by atoms with Gasteiger partial charge in [-0.1, -0.05) is 30.3 Å². The minimum absolute atomic E-state index is 0.0921. The van der Waals surface area contributed by atoms with Gasteiger partial charge in [0.2, 0.25) is 5.91 Å². The SMILES string of the molecule is CCOc1ccc2c(c1)OC(C)(C)CC21C(=O)N(Cc2ccc(F)cc2C(F)F)c2ccccc21. The number of amides is 1. The van der Waals surface area contributed by atoms with Gasteiger partial charge in [-0.05, 0) is 56.2 Å². The molecule has 2 heterocycles. The van der Waals surface area contributed by atoms with E-state index in [1.807, 2.05) is 57.2 Å². The number of alkyl halides is 2. The van der Waals surface area contributed by atoms with Crippen LogP contribution in [-0.4, -0.2) is 18.1 Å². The Morgan fingerprint density at radius 2 is 1.83 bits per heavy atom. The summed E-state index contributed by atoms with van der Waals surface area (Å²) in [5, 5.41) is 0. The lowest BCUT2D eigenvalue weighted by Gasteiger charge is -2.43. The van der Waals surface area contributed by atoms with Crippen LogP contribution in [0.1, 0.15) is 55.9 Å². The molecule has 0 radical (unpaired) electrons. The van der Waals surface area contributed by atoms with Crippen LogP contribution in [0.5, 0.6) is 11.5 Å². The number of para-hydroxylation sites is 1. The predicted octanol–water partition coefficient (Wildman–Crippen LogP) is 6.56. The van der Waals surface area contributed by atoms with Crippen molar-refractivity contribution in [1.29, 1.82) is 0 Å². The molecule has 0 saturated carbocycles. The van der Waals surface area contributed by atoms with Crippen LogP contribution in [-0.2, 0) is 16.8 Å². The summed E-state index contributed by atoms with van der Waals surface area (Å²) in [6.45, 7) is 6.15. The largest absolute Gasteiger partial charge is 0.494 e. The maximum Gasteiger partial charge on any atom is 0.264 e. The first kappa shape index (κ1) is 23.3. The van der Waals surface area contributed by atoms with Gasteiger partial charge in [-0.2, -0.15) is 0 Å². The van der Waals surface area contributed by atoms with Gasteiger partial charge in [0, 0.05) is 29.3 Å². The Balaban J connectivity index is 1.67. The Bertz CT molecular complexity index is 1310. The Kier molecular flexibility index (Phi) is 5.54. The number of ether oxygens (including phenoxy) is 2. The molecule has 2 aliphatic rings. The number of hydrogen-bond donors (Lipinski definition) is 0. The van der Waals surface area contributed by atoms with Gasteiger partial charge in [0.1, 0.15) is 28.3 Å². The van der Waals surface area contributed by atoms with E-state index in [9.17, 15) is 18.0 Å². The van der Waals surface area contributed by atoms with Gasteiger partial charge < -0.3 is 14.4 Å². The summed E-state index contributed by atoms with van der Waals surface area (Å²) >= 11 is 0. The zero-order valence-corrected chi connectivity index (χ0v) is 19.8. The summed E-state index contributed by atoms with van der Waals surface area (Å²) in [6.07, 6.45) is -2.49. The zero-order valence-electron chi connectivity index (χ0n) is 19.8. The lowest BCUT2D eigenvalue weighted by Crippen LogP contribution is -2.50. The highest BCUT2D eigenvalue weighted by atomic mass is 19.3. The highest BCUT2D eigenvalue weighted by Crippen LogP contribution is 2.56. The molecule has 1 spiro atoms. The standard InChI is InChI=1S/C28H26F3NO3/c1-4-34-19-11-12-22-24(14-19)35-27(2,3)16-28(22)21-7-5-6-8-23(21)32(26(28)33)15-17-9-10-18(29)13-20(17)25(30)31/h5-14,25H,4,15-16H2,1-3H3. The van der Waals surface area contributed by atoms with E-state index in [1.54, 1.807) is 6.07 Å². The second-order valence-corrected chi connectivity index (χ2v) is 9.59. The van der Waals surface area contributed by atoms with E-state index in [0.717, 1.165) is 17.7 Å². The molecule has 5 rings (SSSR count). The van der Waals surface area contributed by atoms with Crippen LogP contribution >= 0.6 is 0 Å². The average Bonchev–Trinajstić information content (AvgIpc) is 3.02. The third kappa shape index (κ3) is 3.74. The second-order valence-electron chi connectivity index (χ2n) is 9.59. The van der Waals surface area contributed by atoms with Gasteiger partial charge in [-0.15, -0.1) is 0 Å². The number of carbonyl (C=O) groups excluding carboxylic acids is 1. The van der Waals surface area contributed by atoms with E-state index in [-0.39, 0.29) is 18.0 Å². The number of anilines is 1. The molecule has 0 bridgehead atoms. The molecule has 35 heavy (non-hydrogen) atoms. The molecular formula is C28H26F3NO3. The van der Waals surface area contributed by atoms with Crippen molar-refractivity contribution in [1.82, 2.24) is 0 Å². The lowest BCUT2D eigenvalue weighted by molar-refractivity contribution is -0.124. The molecule has 0 aliphatic carbocycles. The third-order valence-corrected chi connectivity index (χ3v) is 6.74. The quantitative estimate of drug-likeness (QED) is 0.415. The zero-order chi connectivity index (χ0) is 25.0. The summed E-state index contributed by atoms with van der Waals surface area (Å²) in [5.74, 6) is 0.249. The summed E-state index contributed by atoms with van der Waals surface area (Å²) in [6, 6.07) is 16.2. The highest BCUT2D eigenvalue weighted by Gasteiger charge is 2.58. The number of hydrogen-bond acceptors (Lipinski definition) is 3. The van der Waals surface area contributed by atoms with Gasteiger partial charge in [-0.25, -0.2) is 13.2 Å². The van der Waals surface area contributed by atoms with Crippen molar-refractivity contribution in [3.05, 3.63) is 88.7 Å². The van der Waals surface area contributed by atoms with Crippen molar-refractivity contribution in [2.45, 2.75) is 51.2 Å². The van der Waals surface area contributed by atoms with Crippen LogP contribution in [0.3, 0.4) is 0 Å². The summed E-state index contributed by atoms with van der Waals surface area (Å²) in [4.78, 5) is 15.9. The molecule has 0 fully saturated rings. The van der Waals surface area contributed by atoms with Crippen molar-refractivity contribution in [3.63, 3.8) is 0 Å². The first-order chi connectivity index (χ1) is 16.7. The van der Waals surface area contributed by atoms with Crippen LogP contribution in [0, 0.1) is 5.82 Å². The predicted molar refractivity (Wildman–Crippen MR) is 127 cm³/mol. The number of nitrogens with zero attached hydrogens (tertiary/aromatic N) is 1. The van der Waals surface area contributed by atoms with E-state index in [2.05, 4.69) is 0 Å². The van der Waals surface area contributed by atoms with Gasteiger partial charge in [0.15, 0.2) is 0 Å². The number of rotatable bonds is 5. The Labute approximate surface area is 202 Å². The summed E-state index contributed by atoms with van der Waals surface area (Å²) < 4.78 is 53.1. The third-order valence-electron chi connectivity index (χ3n) is 6.74. The van der Waals surface area contributed by atoms with Crippen molar-refractivity contribution >= 4 is 11.6 Å². The van der Waals surface area contributed by atoms with Crippen LogP contribution < -0.4 is 14.4 Å². The van der Waals surface area contributed by atoms with Gasteiger partial charge in [-0.3, -0.25) is 4.79 Å². The molecule has 0 aromatic heterocycles. The molecule has 0 saturated heterocycles. The fourth-order valence-electron chi connectivity index (χ4n) is 5.46. The molecule has 4 nitrogen and oxygen atoms in total. The van der Waals surface area contributed by atoms with E-state index in [1.165, 1.54) is 11.0 Å². The summed E-state index contributed by atoms with van der Waals surface area (Å²) in [5.41, 5.74) is 0.231. The minimum atomic E-state index is -2.86. The lowest BCUT2D eigenvalue weighted by atomic mass is 9.67. The van der Waals surface area contributed by atoms with Crippen LogP contribution in [0.2, 0.25) is 0 Å². The van der Waals surface area contributed by atoms with E-state index in [0.29, 0.717) is 35.8 Å². The highest BCUT2D eigenvalue weighted by molar-refractivity contribution is 6.11. The molecule has 1 atom stereocenters. The van der Waals surface area contributed by atoms with Gasteiger partial charge in [0.05, 0.1) is 13.2 Å². The molecule has 3 aromatic carbocycles. The molecule has 7 heteroatoms. The molecule has 182 valence electrons. The number of fused-ring (bicyclic) bond motifs is 4. The maximum atomic E-state index is 14.3. The minimum Gasteiger partial charge on any atom is -0.494 e. The smallest absolute Gasteiger partial charge is 0.264 e. The van der Waals surface area contributed by atoms with E-state index in [4.69, 9.17) is 9.47 Å². The van der Waals surface area contributed by atoms with E-state index >= 15 is 0 Å². The first-order valence-corrected chi connectivity index (χ1v) is 11.6. The van der Waals surface area contributed by atoms with Gasteiger partial charge in [0.25, 0.3) is 6.43 Å². The molecule has 3 aromatic rings. The van der Waals surface area contributed by atoms with Crippen molar-refractivity contribution in [2.75, 3.05) is 11.5 Å². The fourth-order valence-corrected chi connectivity index (χ4v) is 5.46. The van der Waals surface area contributed by atoms with Crippen molar-refractivity contribution < 1.29 is 27.4 Å². The number of halogens is 3. The Morgan fingerprint density at radius 1 is 1.06 bits per heavy atom. The van der Waals surface area contributed by atoms with Crippen LogP contribution in [0.4, 0.5) is 18.9 Å². The van der Waals surface area contributed by atoms with Gasteiger partial charge >= 0.3 is 0 Å². The average molecular weight is 482 g/mol. The maximum absolute atomic E-state index is 14.3. The monoisotopic (exact) mass is 481 g/mol. The van der Waals surface area contributed by atoms with Crippen LogP contribution in [0.25, 0.3) is 0 Å². The molecule has 1 amide bonds. The fraction of sp³-hybridized carbons (Fsp3) is 0.321. The Morgan fingerprint density at radius 3 is 2.57 bits per heavy atom. The Hall–Kier alpha value is -3.48. The second kappa shape index (κ2) is 8.33. The molecule has 1 unspecified atom stereocenters. The topological polar surface area (TPSA) is 38.8 Å². The molecule has 0 N–H and O–H groups in total.